The van der Waals surface area contributed by atoms with Crippen LogP contribution in [-0.4, -0.2) is 5.91 Å². The molecule has 0 fully saturated rings. The molecular weight excluding hydrogens is 281 g/mol. The minimum atomic E-state index is -4.55. The second-order valence-electron chi connectivity index (χ2n) is 5.07. The van der Waals surface area contributed by atoms with E-state index in [1.54, 1.807) is 0 Å². The Labute approximate surface area is 122 Å². The molecule has 0 radical (unpaired) electrons. The van der Waals surface area contributed by atoms with Gasteiger partial charge in [0.15, 0.2) is 0 Å². The van der Waals surface area contributed by atoms with E-state index in [1.165, 1.54) is 12.1 Å². The third-order valence-corrected chi connectivity index (χ3v) is 3.25. The van der Waals surface area contributed by atoms with Gasteiger partial charge >= 0.3 is 6.18 Å². The third-order valence-electron chi connectivity index (χ3n) is 3.25. The van der Waals surface area contributed by atoms with Crippen molar-refractivity contribution in [1.82, 2.24) is 0 Å². The molecule has 3 N–H and O–H groups in total. The normalized spacial score (nSPS) is 11.7. The molecule has 1 rings (SSSR count). The van der Waals surface area contributed by atoms with E-state index in [0.717, 1.165) is 18.9 Å². The smallest absolute Gasteiger partial charge is 0.399 e. The lowest BCUT2D eigenvalue weighted by atomic mass is 9.97. The van der Waals surface area contributed by atoms with Crippen molar-refractivity contribution in [3.63, 3.8) is 0 Å². The maximum Gasteiger partial charge on any atom is 0.418 e. The molecule has 0 aliphatic heterocycles. The van der Waals surface area contributed by atoms with E-state index < -0.39 is 11.7 Å². The lowest BCUT2D eigenvalue weighted by Gasteiger charge is -2.18. The van der Waals surface area contributed by atoms with E-state index in [2.05, 4.69) is 5.32 Å². The summed E-state index contributed by atoms with van der Waals surface area (Å²) < 4.78 is 38.9. The summed E-state index contributed by atoms with van der Waals surface area (Å²) in [4.78, 5) is 12.1. The van der Waals surface area contributed by atoms with Crippen molar-refractivity contribution in [2.45, 2.75) is 45.7 Å². The zero-order chi connectivity index (χ0) is 16.0. The highest BCUT2D eigenvalue weighted by atomic mass is 19.4. The molecular formula is C15H21F3N2O. The van der Waals surface area contributed by atoms with Crippen LogP contribution in [0.3, 0.4) is 0 Å². The summed E-state index contributed by atoms with van der Waals surface area (Å²) in [6, 6.07) is 3.38. The number of nitrogen functional groups attached to an aromatic ring is 1. The van der Waals surface area contributed by atoms with Gasteiger partial charge in [0.1, 0.15) is 0 Å². The predicted molar refractivity (Wildman–Crippen MR) is 77.8 cm³/mol. The van der Waals surface area contributed by atoms with Crippen LogP contribution in [0.4, 0.5) is 24.5 Å². The number of halogens is 3. The van der Waals surface area contributed by atoms with Crippen molar-refractivity contribution < 1.29 is 18.0 Å². The molecule has 0 aromatic heterocycles. The Morgan fingerprint density at radius 3 is 2.29 bits per heavy atom. The maximum absolute atomic E-state index is 13.0. The highest BCUT2D eigenvalue weighted by Crippen LogP contribution is 2.36. The molecule has 118 valence electrons. The average Bonchev–Trinajstić information content (AvgIpc) is 2.39. The molecule has 1 amide bonds. The Bertz CT molecular complexity index is 480. The van der Waals surface area contributed by atoms with E-state index in [-0.39, 0.29) is 23.2 Å². The number of carbonyl (C=O) groups is 1. The van der Waals surface area contributed by atoms with Gasteiger partial charge in [-0.05, 0) is 31.0 Å². The number of alkyl halides is 3. The van der Waals surface area contributed by atoms with Crippen LogP contribution < -0.4 is 11.1 Å². The number of rotatable bonds is 6. The zero-order valence-electron chi connectivity index (χ0n) is 12.3. The van der Waals surface area contributed by atoms with Gasteiger partial charge < -0.3 is 11.1 Å². The number of hydrogen-bond donors (Lipinski definition) is 2. The van der Waals surface area contributed by atoms with Crippen LogP contribution in [0.2, 0.25) is 0 Å². The quantitative estimate of drug-likeness (QED) is 0.763. The summed E-state index contributed by atoms with van der Waals surface area (Å²) >= 11 is 0. The van der Waals surface area contributed by atoms with Crippen LogP contribution in [0.25, 0.3) is 0 Å². The van der Waals surface area contributed by atoms with E-state index in [1.807, 2.05) is 13.8 Å². The Balaban J connectivity index is 2.99. The summed E-state index contributed by atoms with van der Waals surface area (Å²) in [6.07, 6.45) is -1.60. The molecule has 0 spiro atoms. The van der Waals surface area contributed by atoms with Gasteiger partial charge in [0.2, 0.25) is 5.91 Å². The monoisotopic (exact) mass is 302 g/mol. The molecule has 0 aliphatic carbocycles. The molecule has 0 saturated heterocycles. The first kappa shape index (κ1) is 17.3. The molecule has 0 saturated carbocycles. The van der Waals surface area contributed by atoms with E-state index >= 15 is 0 Å². The standard InChI is InChI=1S/C15H21F3N2O/c1-3-5-10(6-4-2)14(21)20-13-8-7-11(19)9-12(13)15(16,17)18/h7-10H,3-6,19H2,1-2H3,(H,20,21). The zero-order valence-corrected chi connectivity index (χ0v) is 12.3. The SMILES string of the molecule is CCCC(CCC)C(=O)Nc1ccc(N)cc1C(F)(F)F. The molecule has 0 unspecified atom stereocenters. The van der Waals surface area contributed by atoms with E-state index in [0.29, 0.717) is 12.8 Å². The number of nitrogens with two attached hydrogens (primary N) is 1. The molecule has 6 heteroatoms. The lowest BCUT2D eigenvalue weighted by Crippen LogP contribution is -2.24. The van der Waals surface area contributed by atoms with Gasteiger partial charge in [-0.15, -0.1) is 0 Å². The molecule has 0 heterocycles. The molecule has 0 atom stereocenters. The Morgan fingerprint density at radius 2 is 1.81 bits per heavy atom. The van der Waals surface area contributed by atoms with Crippen molar-refractivity contribution in [2.24, 2.45) is 5.92 Å². The average molecular weight is 302 g/mol. The van der Waals surface area contributed by atoms with Crippen LogP contribution in [0.15, 0.2) is 18.2 Å². The summed E-state index contributed by atoms with van der Waals surface area (Å²) in [6.45, 7) is 3.89. The Kier molecular flexibility index (Phi) is 6.05. The topological polar surface area (TPSA) is 55.1 Å². The number of carbonyl (C=O) groups excluding carboxylic acids is 1. The number of benzene rings is 1. The second kappa shape index (κ2) is 7.33. The van der Waals surface area contributed by atoms with E-state index in [4.69, 9.17) is 5.73 Å². The fourth-order valence-corrected chi connectivity index (χ4v) is 2.24. The first-order valence-electron chi connectivity index (χ1n) is 7.07. The van der Waals surface area contributed by atoms with Crippen LogP contribution in [-0.2, 0) is 11.0 Å². The molecule has 1 aromatic carbocycles. The molecule has 0 bridgehead atoms. The van der Waals surface area contributed by atoms with E-state index in [9.17, 15) is 18.0 Å². The van der Waals surface area contributed by atoms with Crippen LogP contribution in [0.1, 0.15) is 45.1 Å². The summed E-state index contributed by atoms with van der Waals surface area (Å²) in [5, 5.41) is 2.40. The highest BCUT2D eigenvalue weighted by Gasteiger charge is 2.34. The second-order valence-corrected chi connectivity index (χ2v) is 5.07. The number of nitrogens with one attached hydrogen (secondary N) is 1. The highest BCUT2D eigenvalue weighted by molar-refractivity contribution is 5.93. The van der Waals surface area contributed by atoms with Gasteiger partial charge in [-0.2, -0.15) is 13.2 Å². The molecule has 1 aromatic rings. The van der Waals surface area contributed by atoms with Gasteiger partial charge in [-0.1, -0.05) is 26.7 Å². The first-order chi connectivity index (χ1) is 9.79. The third kappa shape index (κ3) is 4.95. The molecule has 0 aliphatic rings. The maximum atomic E-state index is 13.0. The van der Waals surface area contributed by atoms with Crippen LogP contribution in [0, 0.1) is 5.92 Å². The van der Waals surface area contributed by atoms with Gasteiger partial charge in [0, 0.05) is 11.6 Å². The fraction of sp³-hybridized carbons (Fsp3) is 0.533. The fourth-order valence-electron chi connectivity index (χ4n) is 2.24. The van der Waals surface area contributed by atoms with Crippen molar-refractivity contribution in [1.29, 1.82) is 0 Å². The van der Waals surface area contributed by atoms with Crippen LogP contribution in [0.5, 0.6) is 0 Å². The Morgan fingerprint density at radius 1 is 1.24 bits per heavy atom. The van der Waals surface area contributed by atoms with Crippen molar-refractivity contribution in [3.05, 3.63) is 23.8 Å². The Hall–Kier alpha value is -1.72. The van der Waals surface area contributed by atoms with Crippen molar-refractivity contribution in [3.8, 4) is 0 Å². The van der Waals surface area contributed by atoms with Gasteiger partial charge in [0.05, 0.1) is 11.3 Å². The van der Waals surface area contributed by atoms with Gasteiger partial charge in [0.25, 0.3) is 0 Å². The lowest BCUT2D eigenvalue weighted by molar-refractivity contribution is -0.137. The van der Waals surface area contributed by atoms with Crippen molar-refractivity contribution in [2.75, 3.05) is 11.1 Å². The molecule has 3 nitrogen and oxygen atoms in total. The largest absolute Gasteiger partial charge is 0.418 e. The predicted octanol–water partition coefficient (Wildman–Crippen LogP) is 4.44. The number of amides is 1. The minimum absolute atomic E-state index is 0.0130. The summed E-state index contributed by atoms with van der Waals surface area (Å²) in [5.41, 5.74) is 4.26. The summed E-state index contributed by atoms with van der Waals surface area (Å²) in [5.74, 6) is -0.632. The van der Waals surface area contributed by atoms with Gasteiger partial charge in [-0.3, -0.25) is 4.79 Å². The van der Waals surface area contributed by atoms with Crippen LogP contribution >= 0.6 is 0 Å². The van der Waals surface area contributed by atoms with Crippen molar-refractivity contribution >= 4 is 17.3 Å². The molecule has 21 heavy (non-hydrogen) atoms. The minimum Gasteiger partial charge on any atom is -0.399 e. The first-order valence-corrected chi connectivity index (χ1v) is 7.07. The summed E-state index contributed by atoms with van der Waals surface area (Å²) in [7, 11) is 0. The van der Waals surface area contributed by atoms with Gasteiger partial charge in [-0.25, -0.2) is 0 Å². The number of hydrogen-bond acceptors (Lipinski definition) is 2. The number of anilines is 2.